The van der Waals surface area contributed by atoms with Crippen LogP contribution in [0.15, 0.2) is 23.5 Å². The van der Waals surface area contributed by atoms with E-state index in [0.29, 0.717) is 5.76 Å². The summed E-state index contributed by atoms with van der Waals surface area (Å²) in [4.78, 5) is 0. The molecule has 1 heterocycles. The molecule has 0 aromatic heterocycles. The molecule has 2 aliphatic carbocycles. The molecule has 1 saturated carbocycles. The van der Waals surface area contributed by atoms with Gasteiger partial charge in [0.2, 0.25) is 0 Å². The Kier molecular flexibility index (Phi) is 4.18. The van der Waals surface area contributed by atoms with Gasteiger partial charge >= 0.3 is 0 Å². The molecule has 0 spiro atoms. The van der Waals surface area contributed by atoms with Crippen LogP contribution >= 0.6 is 0 Å². The van der Waals surface area contributed by atoms with Gasteiger partial charge < -0.3 is 9.84 Å². The van der Waals surface area contributed by atoms with Crippen molar-refractivity contribution in [2.75, 3.05) is 6.61 Å². The molecule has 1 aromatic rings. The number of hydrogen-bond acceptors (Lipinski definition) is 2. The summed E-state index contributed by atoms with van der Waals surface area (Å²) in [6, 6.07) is 4.39. The molecule has 2 nitrogen and oxygen atoms in total. The van der Waals surface area contributed by atoms with E-state index in [1.807, 2.05) is 0 Å². The molecule has 3 aliphatic rings. The predicted octanol–water partition coefficient (Wildman–Crippen LogP) is 4.36. The molecule has 0 amide bonds. The molecule has 1 fully saturated rings. The van der Waals surface area contributed by atoms with Crippen LogP contribution in [0.4, 0.5) is 0 Å². The number of benzene rings is 1. The summed E-state index contributed by atoms with van der Waals surface area (Å²) < 4.78 is 5.52. The molecule has 0 atom stereocenters. The van der Waals surface area contributed by atoms with Crippen molar-refractivity contribution >= 4 is 0 Å². The summed E-state index contributed by atoms with van der Waals surface area (Å²) in [5.41, 5.74) is 5.91. The first kappa shape index (κ1) is 14.0. The van der Waals surface area contributed by atoms with Crippen molar-refractivity contribution in [2.45, 2.75) is 52.9 Å². The third-order valence-electron chi connectivity index (χ3n) is 3.98. The number of ether oxygens (including phenoxy) is 1. The van der Waals surface area contributed by atoms with E-state index in [2.05, 4.69) is 12.1 Å². The fourth-order valence-electron chi connectivity index (χ4n) is 2.82. The summed E-state index contributed by atoms with van der Waals surface area (Å²) in [7, 11) is 0. The van der Waals surface area contributed by atoms with Crippen LogP contribution in [0.1, 0.15) is 50.3 Å². The summed E-state index contributed by atoms with van der Waals surface area (Å²) >= 11 is 0. The van der Waals surface area contributed by atoms with Gasteiger partial charge in [0.25, 0.3) is 0 Å². The first-order valence-corrected chi connectivity index (χ1v) is 6.89. The highest BCUT2D eigenvalue weighted by Crippen LogP contribution is 2.35. The number of aliphatic hydroxyl groups excluding tert-OH is 1. The molecule has 1 aromatic carbocycles. The maximum Gasteiger partial charge on any atom is 0.122 e. The molecular weight excluding hydrogens is 236 g/mol. The van der Waals surface area contributed by atoms with Gasteiger partial charge in [-0.15, -0.1) is 0 Å². The first-order valence-electron chi connectivity index (χ1n) is 6.89. The zero-order valence-corrected chi connectivity index (χ0v) is 11.0. The van der Waals surface area contributed by atoms with Gasteiger partial charge in [0.05, 0.1) is 12.4 Å². The minimum Gasteiger partial charge on any atom is -0.513 e. The van der Waals surface area contributed by atoms with Gasteiger partial charge in [-0.05, 0) is 61.8 Å². The predicted molar refractivity (Wildman–Crippen MR) is 79.0 cm³/mol. The topological polar surface area (TPSA) is 29.5 Å². The van der Waals surface area contributed by atoms with Crippen molar-refractivity contribution in [3.8, 4) is 5.75 Å². The van der Waals surface area contributed by atoms with Gasteiger partial charge in [-0.1, -0.05) is 13.5 Å². The Balaban J connectivity index is 0.000000164. The lowest BCUT2D eigenvalue weighted by molar-refractivity contribution is 0.357. The van der Waals surface area contributed by atoms with Crippen LogP contribution in [0.25, 0.3) is 0 Å². The van der Waals surface area contributed by atoms with E-state index in [-0.39, 0.29) is 7.43 Å². The number of hydrogen-bond donors (Lipinski definition) is 1. The van der Waals surface area contributed by atoms with Crippen molar-refractivity contribution in [1.82, 2.24) is 0 Å². The molecule has 0 saturated heterocycles. The third kappa shape index (κ3) is 2.94. The van der Waals surface area contributed by atoms with E-state index in [1.165, 1.54) is 30.4 Å². The molecule has 0 radical (unpaired) electrons. The van der Waals surface area contributed by atoms with E-state index in [4.69, 9.17) is 9.84 Å². The van der Waals surface area contributed by atoms with Crippen molar-refractivity contribution in [3.05, 3.63) is 40.2 Å². The maximum absolute atomic E-state index is 8.57. The standard InChI is InChI=1S/C11H12O.C5H8O.CH4/c1-2-8-4-5-11-10(6-7-12-11)9(8)3-1;1-4(6)5-2-3-5;/h4-5H,1-3,6-7H2;6H,2-3H2,1H3;1H4. The lowest BCUT2D eigenvalue weighted by Crippen LogP contribution is -1.89. The largest absolute Gasteiger partial charge is 0.513 e. The van der Waals surface area contributed by atoms with Crippen molar-refractivity contribution in [1.29, 1.82) is 0 Å². The van der Waals surface area contributed by atoms with Gasteiger partial charge in [-0.3, -0.25) is 0 Å². The number of fused-ring (bicyclic) bond motifs is 3. The van der Waals surface area contributed by atoms with Crippen LogP contribution < -0.4 is 4.74 Å². The SMILES string of the molecule is C.CC(O)=C1CC1.c1cc2c(c3c1CCC3)CCO2. The zero-order valence-electron chi connectivity index (χ0n) is 11.0. The fourth-order valence-corrected chi connectivity index (χ4v) is 2.82. The minimum absolute atomic E-state index is 0. The Bertz CT molecular complexity index is 457. The van der Waals surface area contributed by atoms with Crippen molar-refractivity contribution in [2.24, 2.45) is 0 Å². The molecule has 19 heavy (non-hydrogen) atoms. The smallest absolute Gasteiger partial charge is 0.122 e. The fraction of sp³-hybridized carbons (Fsp3) is 0.529. The number of allylic oxidation sites excluding steroid dienone is 2. The number of aryl methyl sites for hydroxylation is 1. The van der Waals surface area contributed by atoms with Crippen molar-refractivity contribution in [3.63, 3.8) is 0 Å². The van der Waals surface area contributed by atoms with Crippen LogP contribution in [0.3, 0.4) is 0 Å². The molecule has 0 unspecified atom stereocenters. The average Bonchev–Trinajstić information content (AvgIpc) is 2.92. The van der Waals surface area contributed by atoms with Crippen LogP contribution in [0.5, 0.6) is 5.75 Å². The van der Waals surface area contributed by atoms with Crippen LogP contribution in [-0.4, -0.2) is 11.7 Å². The molecule has 2 heteroatoms. The molecule has 1 aliphatic heterocycles. The first-order chi connectivity index (χ1) is 8.75. The van der Waals surface area contributed by atoms with Crippen LogP contribution in [0.2, 0.25) is 0 Å². The quantitative estimate of drug-likeness (QED) is 0.702. The second kappa shape index (κ2) is 5.68. The molecular formula is C17H24O2. The van der Waals surface area contributed by atoms with Gasteiger partial charge in [0, 0.05) is 12.0 Å². The lowest BCUT2D eigenvalue weighted by Gasteiger charge is -2.04. The van der Waals surface area contributed by atoms with Crippen LogP contribution in [-0.2, 0) is 19.3 Å². The Hall–Kier alpha value is -1.44. The Morgan fingerprint density at radius 3 is 2.47 bits per heavy atom. The lowest BCUT2D eigenvalue weighted by atomic mass is 10.0. The monoisotopic (exact) mass is 260 g/mol. The highest BCUT2D eigenvalue weighted by Gasteiger charge is 2.21. The second-order valence-corrected chi connectivity index (χ2v) is 5.32. The Labute approximate surface area is 116 Å². The van der Waals surface area contributed by atoms with Crippen molar-refractivity contribution < 1.29 is 9.84 Å². The molecule has 1 N–H and O–H groups in total. The molecule has 4 rings (SSSR count). The highest BCUT2D eigenvalue weighted by atomic mass is 16.5. The zero-order chi connectivity index (χ0) is 12.5. The number of rotatable bonds is 0. The van der Waals surface area contributed by atoms with Gasteiger partial charge in [0.1, 0.15) is 5.75 Å². The van der Waals surface area contributed by atoms with E-state index in [1.54, 1.807) is 18.1 Å². The molecule has 104 valence electrons. The second-order valence-electron chi connectivity index (χ2n) is 5.32. The third-order valence-corrected chi connectivity index (χ3v) is 3.98. The maximum atomic E-state index is 8.57. The van der Waals surface area contributed by atoms with Gasteiger partial charge in [-0.2, -0.15) is 0 Å². The number of aliphatic hydroxyl groups is 1. The van der Waals surface area contributed by atoms with E-state index < -0.39 is 0 Å². The highest BCUT2D eigenvalue weighted by molar-refractivity contribution is 5.49. The van der Waals surface area contributed by atoms with E-state index in [0.717, 1.165) is 31.6 Å². The average molecular weight is 260 g/mol. The normalized spacial score (nSPS) is 17.4. The van der Waals surface area contributed by atoms with E-state index >= 15 is 0 Å². The summed E-state index contributed by atoms with van der Waals surface area (Å²) in [5, 5.41) is 8.57. The summed E-state index contributed by atoms with van der Waals surface area (Å²) in [6.07, 6.45) is 7.29. The van der Waals surface area contributed by atoms with Gasteiger partial charge in [-0.25, -0.2) is 0 Å². The minimum atomic E-state index is 0. The Morgan fingerprint density at radius 2 is 1.84 bits per heavy atom. The van der Waals surface area contributed by atoms with Crippen LogP contribution in [0, 0.1) is 0 Å². The Morgan fingerprint density at radius 1 is 1.05 bits per heavy atom. The van der Waals surface area contributed by atoms with Gasteiger partial charge in [0.15, 0.2) is 0 Å². The summed E-state index contributed by atoms with van der Waals surface area (Å²) in [5.74, 6) is 1.69. The summed E-state index contributed by atoms with van der Waals surface area (Å²) in [6.45, 7) is 2.63. The van der Waals surface area contributed by atoms with E-state index in [9.17, 15) is 0 Å². The molecule has 0 bridgehead atoms.